The maximum atomic E-state index is 5.91. The Morgan fingerprint density at radius 1 is 1.23 bits per heavy atom. The molecule has 1 aromatic heterocycles. The molecule has 2 N–H and O–H groups in total. The Kier molecular flexibility index (Phi) is 5.75. The highest BCUT2D eigenvalue weighted by atomic mass is 35.5. The van der Waals surface area contributed by atoms with Gasteiger partial charge in [-0.15, -0.1) is 0 Å². The van der Waals surface area contributed by atoms with Crippen LogP contribution in [0.3, 0.4) is 0 Å². The lowest BCUT2D eigenvalue weighted by atomic mass is 10.2. The first-order valence-electron chi connectivity index (χ1n) is 8.03. The van der Waals surface area contributed by atoms with Gasteiger partial charge in [0.15, 0.2) is 5.11 Å². The summed E-state index contributed by atoms with van der Waals surface area (Å²) in [5.74, 6) is 0.740. The zero-order valence-corrected chi connectivity index (χ0v) is 16.1. The Morgan fingerprint density at radius 3 is 2.81 bits per heavy atom. The molecular weight excluding hydrogens is 368 g/mol. The smallest absolute Gasteiger partial charge is 0.175 e. The summed E-state index contributed by atoms with van der Waals surface area (Å²) in [5.41, 5.74) is 3.93. The van der Waals surface area contributed by atoms with Crippen molar-refractivity contribution in [3.63, 3.8) is 0 Å². The first kappa shape index (κ1) is 18.2. The number of nitrogens with zero attached hydrogens (tertiary/aromatic N) is 2. The molecule has 0 atom stereocenters. The van der Waals surface area contributed by atoms with Gasteiger partial charge < -0.3 is 15.4 Å². The molecule has 134 valence electrons. The summed E-state index contributed by atoms with van der Waals surface area (Å²) in [7, 11) is 1.64. The van der Waals surface area contributed by atoms with Crippen LogP contribution in [-0.4, -0.2) is 22.0 Å². The summed E-state index contributed by atoms with van der Waals surface area (Å²) in [4.78, 5) is 0. The molecule has 0 radical (unpaired) electrons. The molecule has 0 saturated carbocycles. The molecule has 0 unspecified atom stereocenters. The number of rotatable bonds is 5. The first-order valence-corrected chi connectivity index (χ1v) is 8.81. The highest BCUT2D eigenvalue weighted by Gasteiger charge is 2.06. The zero-order chi connectivity index (χ0) is 18.5. The number of thiocarbonyl (C=S) groups is 1. The van der Waals surface area contributed by atoms with Crippen molar-refractivity contribution in [1.82, 2.24) is 9.78 Å². The van der Waals surface area contributed by atoms with Crippen LogP contribution in [0, 0.1) is 6.92 Å². The molecule has 0 spiro atoms. The number of benzene rings is 2. The lowest BCUT2D eigenvalue weighted by Gasteiger charge is -2.14. The van der Waals surface area contributed by atoms with Gasteiger partial charge in [0.1, 0.15) is 5.75 Å². The van der Waals surface area contributed by atoms with E-state index in [1.807, 2.05) is 49.4 Å². The molecule has 0 aliphatic carbocycles. The summed E-state index contributed by atoms with van der Waals surface area (Å²) >= 11 is 11.3. The average Bonchev–Trinajstić information content (AvgIpc) is 3.00. The van der Waals surface area contributed by atoms with Gasteiger partial charge in [-0.3, -0.25) is 4.68 Å². The normalized spacial score (nSPS) is 10.4. The van der Waals surface area contributed by atoms with E-state index >= 15 is 0 Å². The van der Waals surface area contributed by atoms with Crippen LogP contribution >= 0.6 is 23.8 Å². The molecule has 26 heavy (non-hydrogen) atoms. The molecule has 3 aromatic rings. The van der Waals surface area contributed by atoms with Gasteiger partial charge in [0.2, 0.25) is 0 Å². The summed E-state index contributed by atoms with van der Waals surface area (Å²) in [5, 5.41) is 11.7. The van der Waals surface area contributed by atoms with E-state index in [2.05, 4.69) is 15.7 Å². The third kappa shape index (κ3) is 4.74. The molecule has 0 aliphatic heterocycles. The highest BCUT2D eigenvalue weighted by molar-refractivity contribution is 7.80. The van der Waals surface area contributed by atoms with E-state index in [1.54, 1.807) is 24.2 Å². The minimum absolute atomic E-state index is 0.494. The van der Waals surface area contributed by atoms with E-state index in [-0.39, 0.29) is 0 Å². The van der Waals surface area contributed by atoms with Crippen molar-refractivity contribution >= 4 is 40.3 Å². The number of aromatic nitrogens is 2. The Labute approximate surface area is 162 Å². The van der Waals surface area contributed by atoms with Gasteiger partial charge >= 0.3 is 0 Å². The molecule has 3 rings (SSSR count). The van der Waals surface area contributed by atoms with Crippen LogP contribution in [0.1, 0.15) is 11.1 Å². The number of methoxy groups -OCH3 is 1. The number of aryl methyl sites for hydroxylation is 1. The van der Waals surface area contributed by atoms with Gasteiger partial charge in [0, 0.05) is 11.9 Å². The van der Waals surface area contributed by atoms with Gasteiger partial charge in [-0.2, -0.15) is 5.10 Å². The summed E-state index contributed by atoms with van der Waals surface area (Å²) < 4.78 is 7.16. The molecule has 0 amide bonds. The Balaban J connectivity index is 1.68. The first-order chi connectivity index (χ1) is 12.5. The monoisotopic (exact) mass is 386 g/mol. The lowest BCUT2D eigenvalue weighted by molar-refractivity contribution is 0.417. The average molecular weight is 387 g/mol. The van der Waals surface area contributed by atoms with Crippen LogP contribution in [0.4, 0.5) is 11.4 Å². The van der Waals surface area contributed by atoms with E-state index in [0.29, 0.717) is 16.7 Å². The van der Waals surface area contributed by atoms with Crippen molar-refractivity contribution in [2.75, 3.05) is 17.7 Å². The second-order valence-electron chi connectivity index (χ2n) is 5.84. The third-order valence-electron chi connectivity index (χ3n) is 3.73. The van der Waals surface area contributed by atoms with Crippen molar-refractivity contribution in [3.8, 4) is 5.75 Å². The van der Waals surface area contributed by atoms with Crippen LogP contribution in [0.2, 0.25) is 5.02 Å². The second-order valence-corrected chi connectivity index (χ2v) is 6.68. The van der Waals surface area contributed by atoms with E-state index in [1.165, 1.54) is 0 Å². The minimum Gasteiger partial charge on any atom is -0.495 e. The maximum Gasteiger partial charge on any atom is 0.175 e. The maximum absolute atomic E-state index is 5.91. The fourth-order valence-electron chi connectivity index (χ4n) is 2.56. The van der Waals surface area contributed by atoms with E-state index < -0.39 is 0 Å². The number of hydrogen-bond acceptors (Lipinski definition) is 3. The SMILES string of the molecule is COc1ccc(C)cc1NC(=S)Nc1cccc(Cn2cc(Cl)cn2)c1. The Morgan fingerprint density at radius 2 is 2.08 bits per heavy atom. The van der Waals surface area contributed by atoms with Crippen LogP contribution < -0.4 is 15.4 Å². The quantitative estimate of drug-likeness (QED) is 0.622. The molecule has 7 heteroatoms. The number of hydrogen-bond donors (Lipinski definition) is 2. The molecule has 5 nitrogen and oxygen atoms in total. The van der Waals surface area contributed by atoms with Crippen LogP contribution in [0.15, 0.2) is 54.9 Å². The molecule has 0 fully saturated rings. The van der Waals surface area contributed by atoms with E-state index in [4.69, 9.17) is 28.6 Å². The summed E-state index contributed by atoms with van der Waals surface area (Å²) in [6, 6.07) is 13.9. The molecular formula is C19H19ClN4OS. The van der Waals surface area contributed by atoms with Crippen molar-refractivity contribution in [1.29, 1.82) is 0 Å². The standard InChI is InChI=1S/C19H19ClN4OS/c1-13-6-7-18(25-2)17(8-13)23-19(26)22-16-5-3-4-14(9-16)11-24-12-15(20)10-21-24/h3-10,12H,11H2,1-2H3,(H2,22,23,26). The van der Waals surface area contributed by atoms with E-state index in [9.17, 15) is 0 Å². The number of halogens is 1. The second kappa shape index (κ2) is 8.21. The van der Waals surface area contributed by atoms with Gasteiger partial charge in [0.05, 0.1) is 30.6 Å². The van der Waals surface area contributed by atoms with Crippen molar-refractivity contribution in [3.05, 3.63) is 71.0 Å². The summed E-state index contributed by atoms with van der Waals surface area (Å²) in [6.07, 6.45) is 3.41. The van der Waals surface area contributed by atoms with Crippen molar-refractivity contribution in [2.24, 2.45) is 0 Å². The largest absolute Gasteiger partial charge is 0.495 e. The number of anilines is 2. The zero-order valence-electron chi connectivity index (χ0n) is 14.5. The van der Waals surface area contributed by atoms with Crippen molar-refractivity contribution in [2.45, 2.75) is 13.5 Å². The van der Waals surface area contributed by atoms with Gasteiger partial charge in [-0.25, -0.2) is 0 Å². The minimum atomic E-state index is 0.494. The molecule has 1 heterocycles. The molecule has 0 bridgehead atoms. The van der Waals surface area contributed by atoms with Crippen LogP contribution in [0.25, 0.3) is 0 Å². The van der Waals surface area contributed by atoms with Crippen LogP contribution in [-0.2, 0) is 6.54 Å². The lowest BCUT2D eigenvalue weighted by Crippen LogP contribution is -2.19. The molecule has 0 saturated heterocycles. The predicted octanol–water partition coefficient (Wildman–Crippen LogP) is 4.71. The predicted molar refractivity (Wildman–Crippen MR) is 110 cm³/mol. The Hall–Kier alpha value is -2.57. The summed E-state index contributed by atoms with van der Waals surface area (Å²) in [6.45, 7) is 2.65. The molecule has 2 aromatic carbocycles. The van der Waals surface area contributed by atoms with Crippen molar-refractivity contribution < 1.29 is 4.74 Å². The van der Waals surface area contributed by atoms with Gasteiger partial charge in [0.25, 0.3) is 0 Å². The van der Waals surface area contributed by atoms with E-state index in [0.717, 1.165) is 28.3 Å². The fourth-order valence-corrected chi connectivity index (χ4v) is 2.95. The third-order valence-corrected chi connectivity index (χ3v) is 4.13. The Bertz CT molecular complexity index is 925. The molecule has 0 aliphatic rings. The topological polar surface area (TPSA) is 51.1 Å². The number of nitrogens with one attached hydrogen (secondary N) is 2. The highest BCUT2D eigenvalue weighted by Crippen LogP contribution is 2.25. The van der Waals surface area contributed by atoms with Crippen LogP contribution in [0.5, 0.6) is 5.75 Å². The number of ether oxygens (including phenoxy) is 1. The van der Waals surface area contributed by atoms with Gasteiger partial charge in [-0.1, -0.05) is 29.8 Å². The van der Waals surface area contributed by atoms with Gasteiger partial charge in [-0.05, 0) is 54.5 Å². The fraction of sp³-hybridized carbons (Fsp3) is 0.158.